The van der Waals surface area contributed by atoms with Crippen molar-refractivity contribution in [3.8, 4) is 0 Å². The first kappa shape index (κ1) is 11.7. The van der Waals surface area contributed by atoms with Crippen molar-refractivity contribution in [2.75, 3.05) is 0 Å². The molecule has 0 aliphatic rings. The van der Waals surface area contributed by atoms with Gasteiger partial charge in [0.2, 0.25) is 0 Å². The van der Waals surface area contributed by atoms with Gasteiger partial charge in [0.15, 0.2) is 0 Å². The summed E-state index contributed by atoms with van der Waals surface area (Å²) in [5.74, 6) is 0. The minimum atomic E-state index is 0.317. The zero-order chi connectivity index (χ0) is 10.6. The smallest absolute Gasteiger partial charge is 0.0408 e. The predicted octanol–water partition coefficient (Wildman–Crippen LogP) is 3.82. The lowest BCUT2D eigenvalue weighted by Gasteiger charge is -2.25. The molecular formula is C12H18BrN. The van der Waals surface area contributed by atoms with Crippen LogP contribution in [-0.2, 0) is 6.42 Å². The Balaban J connectivity index is 2.59. The van der Waals surface area contributed by atoms with Gasteiger partial charge in [-0.3, -0.25) is 4.98 Å². The van der Waals surface area contributed by atoms with E-state index in [4.69, 9.17) is 0 Å². The summed E-state index contributed by atoms with van der Waals surface area (Å²) in [7, 11) is 0. The summed E-state index contributed by atoms with van der Waals surface area (Å²) in [5.41, 5.74) is 1.50. The highest BCUT2D eigenvalue weighted by Gasteiger charge is 2.20. The van der Waals surface area contributed by atoms with Gasteiger partial charge < -0.3 is 0 Å². The second kappa shape index (κ2) is 4.92. The van der Waals surface area contributed by atoms with Gasteiger partial charge in [-0.25, -0.2) is 0 Å². The first-order valence-corrected chi connectivity index (χ1v) is 5.95. The molecule has 0 aliphatic heterocycles. The van der Waals surface area contributed by atoms with Gasteiger partial charge in [0.05, 0.1) is 0 Å². The lowest BCUT2D eigenvalue weighted by Crippen LogP contribution is -2.19. The Morgan fingerprint density at radius 1 is 1.43 bits per heavy atom. The van der Waals surface area contributed by atoms with E-state index in [0.717, 1.165) is 6.42 Å². The maximum absolute atomic E-state index is 4.36. The molecule has 1 atom stereocenters. The second-order valence-corrected chi connectivity index (χ2v) is 6.21. The molecule has 0 N–H and O–H groups in total. The van der Waals surface area contributed by atoms with Gasteiger partial charge in [-0.15, -0.1) is 0 Å². The molecule has 0 aromatic carbocycles. The molecule has 0 amide bonds. The van der Waals surface area contributed by atoms with Crippen molar-refractivity contribution in [1.82, 2.24) is 4.98 Å². The van der Waals surface area contributed by atoms with Crippen LogP contribution in [-0.4, -0.2) is 9.81 Å². The normalized spacial score (nSPS) is 14.0. The highest BCUT2D eigenvalue weighted by atomic mass is 79.9. The third-order valence-corrected chi connectivity index (χ3v) is 2.54. The Morgan fingerprint density at radius 2 is 2.14 bits per heavy atom. The summed E-state index contributed by atoms with van der Waals surface area (Å²) in [6.45, 7) is 6.78. The van der Waals surface area contributed by atoms with E-state index >= 15 is 0 Å². The SMILES string of the molecule is CC(Br)CC(C)(C)Cc1ccccn1. The molecular weight excluding hydrogens is 238 g/mol. The Kier molecular flexibility index (Phi) is 4.11. The van der Waals surface area contributed by atoms with Crippen LogP contribution >= 0.6 is 15.9 Å². The fraction of sp³-hybridized carbons (Fsp3) is 0.583. The average molecular weight is 256 g/mol. The summed E-state index contributed by atoms with van der Waals surface area (Å²) in [6, 6.07) is 6.11. The van der Waals surface area contributed by atoms with Crippen molar-refractivity contribution < 1.29 is 0 Å². The van der Waals surface area contributed by atoms with E-state index in [1.165, 1.54) is 12.1 Å². The minimum Gasteiger partial charge on any atom is -0.261 e. The molecule has 1 nitrogen and oxygen atoms in total. The average Bonchev–Trinajstić information content (AvgIpc) is 2.02. The number of halogens is 1. The molecule has 0 spiro atoms. The summed E-state index contributed by atoms with van der Waals surface area (Å²) in [6.07, 6.45) is 4.08. The standard InChI is InChI=1S/C12H18BrN/c1-10(13)8-12(2,3)9-11-6-4-5-7-14-11/h4-7,10H,8-9H2,1-3H3. The summed E-state index contributed by atoms with van der Waals surface area (Å²) < 4.78 is 0. The Hall–Kier alpha value is -0.370. The molecule has 14 heavy (non-hydrogen) atoms. The third kappa shape index (κ3) is 4.23. The van der Waals surface area contributed by atoms with E-state index in [9.17, 15) is 0 Å². The zero-order valence-corrected chi connectivity index (χ0v) is 10.7. The summed E-state index contributed by atoms with van der Waals surface area (Å²) >= 11 is 3.60. The topological polar surface area (TPSA) is 12.9 Å². The molecule has 0 aliphatic carbocycles. The van der Waals surface area contributed by atoms with Crippen LogP contribution in [0.1, 0.15) is 32.9 Å². The lowest BCUT2D eigenvalue weighted by molar-refractivity contribution is 0.331. The quantitative estimate of drug-likeness (QED) is 0.746. The monoisotopic (exact) mass is 255 g/mol. The van der Waals surface area contributed by atoms with Crippen molar-refractivity contribution >= 4 is 15.9 Å². The van der Waals surface area contributed by atoms with Crippen molar-refractivity contribution in [3.05, 3.63) is 30.1 Å². The largest absolute Gasteiger partial charge is 0.261 e. The number of alkyl halides is 1. The second-order valence-electron chi connectivity index (χ2n) is 4.65. The van der Waals surface area contributed by atoms with E-state index in [0.29, 0.717) is 10.2 Å². The Morgan fingerprint density at radius 3 is 2.64 bits per heavy atom. The number of aromatic nitrogens is 1. The molecule has 1 unspecified atom stereocenters. The molecule has 0 saturated heterocycles. The van der Waals surface area contributed by atoms with Crippen molar-refractivity contribution in [2.24, 2.45) is 5.41 Å². The molecule has 1 heterocycles. The van der Waals surface area contributed by atoms with Crippen molar-refractivity contribution in [3.63, 3.8) is 0 Å². The van der Waals surface area contributed by atoms with Gasteiger partial charge in [-0.2, -0.15) is 0 Å². The van der Waals surface area contributed by atoms with Crippen LogP contribution in [0, 0.1) is 5.41 Å². The highest BCUT2D eigenvalue weighted by Crippen LogP contribution is 2.28. The predicted molar refractivity (Wildman–Crippen MR) is 64.7 cm³/mol. The molecule has 2 heteroatoms. The first-order valence-electron chi connectivity index (χ1n) is 5.03. The van der Waals surface area contributed by atoms with Gasteiger partial charge in [0.1, 0.15) is 0 Å². The van der Waals surface area contributed by atoms with Gasteiger partial charge in [0, 0.05) is 16.7 Å². The van der Waals surface area contributed by atoms with Gasteiger partial charge in [-0.1, -0.05) is 42.8 Å². The van der Waals surface area contributed by atoms with Crippen molar-refractivity contribution in [2.45, 2.75) is 38.4 Å². The van der Waals surface area contributed by atoms with E-state index in [2.05, 4.69) is 53.8 Å². The summed E-state index contributed by atoms with van der Waals surface area (Å²) in [5, 5.41) is 0. The number of nitrogens with zero attached hydrogens (tertiary/aromatic N) is 1. The maximum atomic E-state index is 4.36. The van der Waals surface area contributed by atoms with Crippen LogP contribution < -0.4 is 0 Å². The first-order chi connectivity index (χ1) is 6.49. The molecule has 0 fully saturated rings. The van der Waals surface area contributed by atoms with E-state index in [-0.39, 0.29) is 0 Å². The van der Waals surface area contributed by atoms with E-state index in [1.807, 2.05) is 12.3 Å². The molecule has 1 rings (SSSR count). The number of pyridine rings is 1. The van der Waals surface area contributed by atoms with Crippen LogP contribution in [0.15, 0.2) is 24.4 Å². The van der Waals surface area contributed by atoms with E-state index in [1.54, 1.807) is 0 Å². The van der Waals surface area contributed by atoms with Crippen LogP contribution in [0.25, 0.3) is 0 Å². The number of rotatable bonds is 4. The van der Waals surface area contributed by atoms with Crippen LogP contribution in [0.5, 0.6) is 0 Å². The fourth-order valence-electron chi connectivity index (χ4n) is 1.83. The van der Waals surface area contributed by atoms with Gasteiger partial charge >= 0.3 is 0 Å². The molecule has 1 aromatic rings. The van der Waals surface area contributed by atoms with Gasteiger partial charge in [-0.05, 0) is 30.4 Å². The van der Waals surface area contributed by atoms with E-state index < -0.39 is 0 Å². The maximum Gasteiger partial charge on any atom is 0.0408 e. The third-order valence-electron chi connectivity index (χ3n) is 2.22. The minimum absolute atomic E-state index is 0.317. The number of hydrogen-bond acceptors (Lipinski definition) is 1. The zero-order valence-electron chi connectivity index (χ0n) is 9.13. The molecule has 0 saturated carbocycles. The Bertz CT molecular complexity index is 267. The van der Waals surface area contributed by atoms with Gasteiger partial charge in [0.25, 0.3) is 0 Å². The molecule has 78 valence electrons. The summed E-state index contributed by atoms with van der Waals surface area (Å²) in [4.78, 5) is 4.93. The van der Waals surface area contributed by atoms with Crippen LogP contribution in [0.4, 0.5) is 0 Å². The Labute approximate surface area is 95.1 Å². The molecule has 0 radical (unpaired) electrons. The fourth-order valence-corrected chi connectivity index (χ4v) is 2.70. The molecule has 0 bridgehead atoms. The number of hydrogen-bond donors (Lipinski definition) is 0. The molecule has 1 aromatic heterocycles. The van der Waals surface area contributed by atoms with Crippen molar-refractivity contribution in [1.29, 1.82) is 0 Å². The highest BCUT2D eigenvalue weighted by molar-refractivity contribution is 9.09. The lowest BCUT2D eigenvalue weighted by atomic mass is 9.83. The van der Waals surface area contributed by atoms with Crippen LogP contribution in [0.2, 0.25) is 0 Å². The van der Waals surface area contributed by atoms with Crippen LogP contribution in [0.3, 0.4) is 0 Å².